The molecule has 0 spiro atoms. The molecule has 3 rings (SSSR count). The van der Waals surface area contributed by atoms with E-state index in [1.165, 1.54) is 0 Å². The first-order valence-electron chi connectivity index (χ1n) is 8.72. The summed E-state index contributed by atoms with van der Waals surface area (Å²) in [6.07, 6.45) is 1.06. The molecule has 0 unspecified atom stereocenters. The number of alkyl halides is 1. The highest BCUT2D eigenvalue weighted by Crippen LogP contribution is 2.35. The van der Waals surface area contributed by atoms with Gasteiger partial charge in [-0.05, 0) is 51.0 Å². The minimum Gasteiger partial charge on any atom is -0.372 e. The third-order valence-electron chi connectivity index (χ3n) is 4.70. The highest BCUT2D eigenvalue weighted by atomic mass is 19.1. The number of pyridine rings is 1. The summed E-state index contributed by atoms with van der Waals surface area (Å²) in [6, 6.07) is 11.7. The zero-order valence-electron chi connectivity index (χ0n) is 15.5. The van der Waals surface area contributed by atoms with Crippen molar-refractivity contribution in [3.8, 4) is 11.3 Å². The van der Waals surface area contributed by atoms with Gasteiger partial charge in [-0.3, -0.25) is 0 Å². The number of hydrogen-bond acceptors (Lipinski definition) is 3. The molecule has 1 aliphatic rings. The van der Waals surface area contributed by atoms with Crippen molar-refractivity contribution in [2.75, 3.05) is 29.9 Å². The maximum Gasteiger partial charge on any atom is 0.157 e. The molecule has 0 saturated heterocycles. The quantitative estimate of drug-likeness (QED) is 0.772. The lowest BCUT2D eigenvalue weighted by Gasteiger charge is -2.25. The van der Waals surface area contributed by atoms with Crippen LogP contribution in [0, 0.1) is 0 Å². The maximum atomic E-state index is 14.3. The summed E-state index contributed by atoms with van der Waals surface area (Å²) < 4.78 is 14.3. The monoisotopic (exact) mass is 339 g/mol. The van der Waals surface area contributed by atoms with Crippen molar-refractivity contribution in [3.05, 3.63) is 54.2 Å². The van der Waals surface area contributed by atoms with Gasteiger partial charge < -0.3 is 9.80 Å². The SMILES string of the molecule is C=C(C)N1CCCN(C)c2ccc(-c3cccc(C(C)(C)F)c3)nc21. The number of hydrogen-bond donors (Lipinski definition) is 0. The van der Waals surface area contributed by atoms with Crippen molar-refractivity contribution in [1.29, 1.82) is 0 Å². The number of benzene rings is 1. The smallest absolute Gasteiger partial charge is 0.157 e. The fourth-order valence-corrected chi connectivity index (χ4v) is 3.21. The van der Waals surface area contributed by atoms with Gasteiger partial charge >= 0.3 is 0 Å². The molecule has 25 heavy (non-hydrogen) atoms. The minimum absolute atomic E-state index is 0.663. The molecule has 2 aromatic rings. The molecular formula is C21H26FN3. The Bertz CT molecular complexity index is 792. The van der Waals surface area contributed by atoms with E-state index in [4.69, 9.17) is 4.98 Å². The number of anilines is 2. The lowest BCUT2D eigenvalue weighted by atomic mass is 9.97. The van der Waals surface area contributed by atoms with Crippen LogP contribution in [0.4, 0.5) is 15.9 Å². The van der Waals surface area contributed by atoms with Gasteiger partial charge in [0.25, 0.3) is 0 Å². The average Bonchev–Trinajstić information content (AvgIpc) is 2.73. The molecule has 0 atom stereocenters. The fraction of sp³-hybridized carbons (Fsp3) is 0.381. The van der Waals surface area contributed by atoms with Crippen molar-refractivity contribution in [3.63, 3.8) is 0 Å². The molecule has 0 N–H and O–H groups in total. The molecule has 4 heteroatoms. The molecule has 132 valence electrons. The summed E-state index contributed by atoms with van der Waals surface area (Å²) in [5, 5.41) is 0. The van der Waals surface area contributed by atoms with E-state index >= 15 is 0 Å². The third kappa shape index (κ3) is 3.53. The Labute approximate surface area is 149 Å². The van der Waals surface area contributed by atoms with E-state index in [0.717, 1.165) is 48.0 Å². The summed E-state index contributed by atoms with van der Waals surface area (Å²) in [7, 11) is 2.09. The van der Waals surface area contributed by atoms with Gasteiger partial charge in [0.05, 0.1) is 11.4 Å². The normalized spacial score (nSPS) is 14.9. The van der Waals surface area contributed by atoms with Crippen LogP contribution in [-0.2, 0) is 5.67 Å². The number of aromatic nitrogens is 1. The molecule has 2 heterocycles. The Kier molecular flexibility index (Phi) is 4.55. The van der Waals surface area contributed by atoms with E-state index < -0.39 is 5.67 Å². The van der Waals surface area contributed by atoms with Crippen molar-refractivity contribution in [2.24, 2.45) is 0 Å². The van der Waals surface area contributed by atoms with Crippen LogP contribution < -0.4 is 9.80 Å². The molecule has 0 aliphatic carbocycles. The maximum absolute atomic E-state index is 14.3. The molecule has 3 nitrogen and oxygen atoms in total. The van der Waals surface area contributed by atoms with Crippen molar-refractivity contribution in [2.45, 2.75) is 32.9 Å². The number of rotatable bonds is 3. The zero-order chi connectivity index (χ0) is 18.2. The van der Waals surface area contributed by atoms with Crippen LogP contribution in [0.1, 0.15) is 32.8 Å². The molecule has 0 saturated carbocycles. The second kappa shape index (κ2) is 6.51. The number of allylic oxidation sites excluding steroid dienone is 1. The number of nitrogens with zero attached hydrogens (tertiary/aromatic N) is 3. The molecule has 0 fully saturated rings. The molecule has 0 radical (unpaired) electrons. The molecular weight excluding hydrogens is 313 g/mol. The Morgan fingerprint density at radius 3 is 2.64 bits per heavy atom. The van der Waals surface area contributed by atoms with Gasteiger partial charge in [-0.2, -0.15) is 0 Å². The fourth-order valence-electron chi connectivity index (χ4n) is 3.21. The summed E-state index contributed by atoms with van der Waals surface area (Å²) in [5.74, 6) is 0.926. The predicted octanol–water partition coefficient (Wildman–Crippen LogP) is 5.13. The van der Waals surface area contributed by atoms with E-state index in [9.17, 15) is 4.39 Å². The Morgan fingerprint density at radius 2 is 1.96 bits per heavy atom. The minimum atomic E-state index is -1.37. The van der Waals surface area contributed by atoms with Crippen LogP contribution >= 0.6 is 0 Å². The van der Waals surface area contributed by atoms with Crippen LogP contribution in [0.5, 0.6) is 0 Å². The molecule has 0 bridgehead atoms. The van der Waals surface area contributed by atoms with Gasteiger partial charge in [0.15, 0.2) is 5.82 Å². The topological polar surface area (TPSA) is 19.4 Å². The largest absolute Gasteiger partial charge is 0.372 e. The molecule has 1 aromatic carbocycles. The summed E-state index contributed by atoms with van der Waals surface area (Å²) >= 11 is 0. The lowest BCUT2D eigenvalue weighted by molar-refractivity contribution is 0.221. The van der Waals surface area contributed by atoms with Crippen LogP contribution in [0.3, 0.4) is 0 Å². The second-order valence-corrected chi connectivity index (χ2v) is 7.25. The van der Waals surface area contributed by atoms with Gasteiger partial charge in [0, 0.05) is 31.4 Å². The van der Waals surface area contributed by atoms with E-state index in [2.05, 4.69) is 29.5 Å². The van der Waals surface area contributed by atoms with Gasteiger partial charge in [0.2, 0.25) is 0 Å². The van der Waals surface area contributed by atoms with Crippen LogP contribution in [0.25, 0.3) is 11.3 Å². The second-order valence-electron chi connectivity index (χ2n) is 7.25. The van der Waals surface area contributed by atoms with Crippen molar-refractivity contribution < 1.29 is 4.39 Å². The molecule has 1 aliphatic heterocycles. The van der Waals surface area contributed by atoms with Gasteiger partial charge in [0.1, 0.15) is 5.67 Å². The zero-order valence-corrected chi connectivity index (χ0v) is 15.5. The van der Waals surface area contributed by atoms with Gasteiger partial charge in [-0.25, -0.2) is 9.37 Å². The Morgan fingerprint density at radius 1 is 1.20 bits per heavy atom. The predicted molar refractivity (Wildman–Crippen MR) is 104 cm³/mol. The first-order valence-corrected chi connectivity index (χ1v) is 8.72. The Hall–Kier alpha value is -2.36. The number of halogens is 1. The highest BCUT2D eigenvalue weighted by Gasteiger charge is 2.22. The summed E-state index contributed by atoms with van der Waals surface area (Å²) in [4.78, 5) is 9.32. The van der Waals surface area contributed by atoms with E-state index in [0.29, 0.717) is 5.56 Å². The first kappa shape index (κ1) is 17.5. The third-order valence-corrected chi connectivity index (χ3v) is 4.70. The van der Waals surface area contributed by atoms with Crippen molar-refractivity contribution >= 4 is 11.5 Å². The number of fused-ring (bicyclic) bond motifs is 1. The first-order chi connectivity index (χ1) is 11.8. The van der Waals surface area contributed by atoms with Gasteiger partial charge in [-0.1, -0.05) is 24.8 Å². The van der Waals surface area contributed by atoms with Crippen LogP contribution in [0.2, 0.25) is 0 Å². The summed E-state index contributed by atoms with van der Waals surface area (Å²) in [5.41, 5.74) is 3.17. The van der Waals surface area contributed by atoms with Gasteiger partial charge in [-0.15, -0.1) is 0 Å². The van der Waals surface area contributed by atoms with Crippen LogP contribution in [-0.4, -0.2) is 25.1 Å². The van der Waals surface area contributed by atoms with E-state index in [1.54, 1.807) is 13.8 Å². The highest BCUT2D eigenvalue weighted by molar-refractivity contribution is 5.74. The lowest BCUT2D eigenvalue weighted by Crippen LogP contribution is -2.22. The van der Waals surface area contributed by atoms with E-state index in [-0.39, 0.29) is 0 Å². The standard InChI is InChI=1S/C21H26FN3/c1-15(2)25-13-7-12-24(5)19-11-10-18(23-20(19)25)16-8-6-9-17(14-16)21(3,4)22/h6,8-11,14H,1,7,12-13H2,2-5H3. The summed E-state index contributed by atoms with van der Waals surface area (Å²) in [6.45, 7) is 11.2. The Balaban J connectivity index is 2.10. The van der Waals surface area contributed by atoms with Crippen LogP contribution in [0.15, 0.2) is 48.7 Å². The molecule has 1 aromatic heterocycles. The average molecular weight is 339 g/mol. The van der Waals surface area contributed by atoms with Crippen molar-refractivity contribution in [1.82, 2.24) is 4.98 Å². The van der Waals surface area contributed by atoms with E-state index in [1.807, 2.05) is 37.3 Å². The molecule has 0 amide bonds.